The number of hydrogen-bond acceptors (Lipinski definition) is 3. The Hall–Kier alpha value is -0.120. The van der Waals surface area contributed by atoms with E-state index in [4.69, 9.17) is 5.11 Å². The zero-order chi connectivity index (χ0) is 6.83. The molecule has 52 valence electrons. The number of aliphatic hydroxyl groups is 1. The van der Waals surface area contributed by atoms with Gasteiger partial charge in [0.1, 0.15) is 0 Å². The van der Waals surface area contributed by atoms with Gasteiger partial charge >= 0.3 is 0 Å². The van der Waals surface area contributed by atoms with E-state index in [9.17, 15) is 0 Å². The van der Waals surface area contributed by atoms with E-state index in [2.05, 4.69) is 9.47 Å². The first-order valence-corrected chi connectivity index (χ1v) is 2.34. The molecule has 0 fully saturated rings. The molecule has 0 saturated heterocycles. The summed E-state index contributed by atoms with van der Waals surface area (Å²) >= 11 is 0. The second kappa shape index (κ2) is 15.8. The van der Waals surface area contributed by atoms with Crippen molar-refractivity contribution in [3.05, 3.63) is 0 Å². The highest BCUT2D eigenvalue weighted by molar-refractivity contribution is 4.17. The van der Waals surface area contributed by atoms with E-state index in [-0.39, 0.29) is 0 Å². The highest BCUT2D eigenvalue weighted by Crippen LogP contribution is 1.65. The summed E-state index contributed by atoms with van der Waals surface area (Å²) in [6.07, 6.45) is 0. The van der Waals surface area contributed by atoms with Gasteiger partial charge in [0.2, 0.25) is 0 Å². The van der Waals surface area contributed by atoms with Gasteiger partial charge in [-0.15, -0.1) is 0 Å². The molecule has 0 aliphatic carbocycles. The Morgan fingerprint density at radius 2 is 1.25 bits per heavy atom. The van der Waals surface area contributed by atoms with Gasteiger partial charge in [-0.1, -0.05) is 0 Å². The highest BCUT2D eigenvalue weighted by Gasteiger charge is 1.73. The largest absolute Gasteiger partial charge is 0.400 e. The quantitative estimate of drug-likeness (QED) is 0.531. The normalized spacial score (nSPS) is 7.50. The van der Waals surface area contributed by atoms with Gasteiger partial charge in [0.25, 0.3) is 0 Å². The molecule has 3 nitrogen and oxygen atoms in total. The molecule has 0 atom stereocenters. The Bertz CT molecular complexity index is 19.6. The van der Waals surface area contributed by atoms with Crippen molar-refractivity contribution in [1.82, 2.24) is 0 Å². The Labute approximate surface area is 50.2 Å². The number of methoxy groups -OCH3 is 2. The molecule has 3 heteroatoms. The lowest BCUT2D eigenvalue weighted by molar-refractivity contribution is 0.103. The van der Waals surface area contributed by atoms with Gasteiger partial charge in [0.05, 0.1) is 13.2 Å². The smallest absolute Gasteiger partial charge is 0.0696 e. The van der Waals surface area contributed by atoms with E-state index in [1.54, 1.807) is 14.2 Å². The maximum Gasteiger partial charge on any atom is 0.0696 e. The van der Waals surface area contributed by atoms with Gasteiger partial charge in [-0.3, -0.25) is 0 Å². The maximum atomic E-state index is 7.00. The van der Waals surface area contributed by atoms with Crippen LogP contribution >= 0.6 is 0 Å². The van der Waals surface area contributed by atoms with Crippen molar-refractivity contribution in [3.8, 4) is 0 Å². The number of ether oxygens (including phenoxy) is 2. The van der Waals surface area contributed by atoms with E-state index in [0.29, 0.717) is 13.2 Å². The third-order valence-corrected chi connectivity index (χ3v) is 0.492. The minimum absolute atomic E-state index is 0.691. The average molecular weight is 122 g/mol. The Morgan fingerprint density at radius 1 is 1.00 bits per heavy atom. The Balaban J connectivity index is 0. The third kappa shape index (κ3) is 16.9. The van der Waals surface area contributed by atoms with Crippen LogP contribution in [0.5, 0.6) is 0 Å². The van der Waals surface area contributed by atoms with E-state index < -0.39 is 0 Å². The molecule has 0 aromatic heterocycles. The Kier molecular flexibility index (Phi) is 21.3. The van der Waals surface area contributed by atoms with Crippen LogP contribution in [0.1, 0.15) is 0 Å². The van der Waals surface area contributed by atoms with E-state index in [0.717, 1.165) is 7.11 Å². The molecule has 0 aliphatic heterocycles. The molecular formula is C5H14O3. The molecule has 0 radical (unpaired) electrons. The molecule has 1 N–H and O–H groups in total. The molecule has 0 spiro atoms. The van der Waals surface area contributed by atoms with E-state index in [1.165, 1.54) is 0 Å². The Morgan fingerprint density at radius 3 is 1.38 bits per heavy atom. The summed E-state index contributed by atoms with van der Waals surface area (Å²) in [6, 6.07) is 0. The SMILES string of the molecule is CO.COCCOC. The lowest BCUT2D eigenvalue weighted by Crippen LogP contribution is -1.96. The maximum absolute atomic E-state index is 7.00. The van der Waals surface area contributed by atoms with Crippen LogP contribution < -0.4 is 0 Å². The van der Waals surface area contributed by atoms with Crippen LogP contribution in [0.15, 0.2) is 0 Å². The van der Waals surface area contributed by atoms with Crippen molar-refractivity contribution in [1.29, 1.82) is 0 Å². The molecule has 0 saturated carbocycles. The third-order valence-electron chi connectivity index (χ3n) is 0.492. The minimum Gasteiger partial charge on any atom is -0.400 e. The van der Waals surface area contributed by atoms with Crippen molar-refractivity contribution >= 4 is 0 Å². The van der Waals surface area contributed by atoms with Crippen LogP contribution in [-0.4, -0.2) is 39.6 Å². The van der Waals surface area contributed by atoms with Crippen LogP contribution in [0.4, 0.5) is 0 Å². The average Bonchev–Trinajstić information content (AvgIpc) is 1.88. The van der Waals surface area contributed by atoms with Crippen LogP contribution in [0.3, 0.4) is 0 Å². The molecule has 0 unspecified atom stereocenters. The molecule has 0 aliphatic rings. The van der Waals surface area contributed by atoms with Gasteiger partial charge < -0.3 is 14.6 Å². The topological polar surface area (TPSA) is 38.7 Å². The number of aliphatic hydroxyl groups excluding tert-OH is 1. The first-order valence-electron chi connectivity index (χ1n) is 2.34. The fourth-order valence-electron chi connectivity index (χ4n) is 0.167. The molecule has 0 aromatic rings. The van der Waals surface area contributed by atoms with Crippen LogP contribution in [0, 0.1) is 0 Å². The number of hydrogen-bond donors (Lipinski definition) is 1. The van der Waals surface area contributed by atoms with Gasteiger partial charge in [0.15, 0.2) is 0 Å². The molecule has 0 amide bonds. The second-order valence-corrected chi connectivity index (χ2v) is 0.986. The summed E-state index contributed by atoms with van der Waals surface area (Å²) in [5.41, 5.74) is 0. The highest BCUT2D eigenvalue weighted by atomic mass is 16.5. The summed E-state index contributed by atoms with van der Waals surface area (Å²) in [7, 11) is 4.30. The standard InChI is InChI=1S/C4H10O2.CH4O/c1-5-3-4-6-2;1-2/h3-4H2,1-2H3;2H,1H3. The molecule has 8 heavy (non-hydrogen) atoms. The molecule has 0 aromatic carbocycles. The summed E-state index contributed by atoms with van der Waals surface area (Å²) < 4.78 is 9.31. The summed E-state index contributed by atoms with van der Waals surface area (Å²) in [5, 5.41) is 7.00. The fraction of sp³-hybridized carbons (Fsp3) is 1.00. The molecule has 0 rings (SSSR count). The molecule has 0 heterocycles. The van der Waals surface area contributed by atoms with Crippen LogP contribution in [0.2, 0.25) is 0 Å². The zero-order valence-electron chi connectivity index (χ0n) is 5.68. The zero-order valence-corrected chi connectivity index (χ0v) is 5.68. The van der Waals surface area contributed by atoms with Crippen LogP contribution in [-0.2, 0) is 9.47 Å². The van der Waals surface area contributed by atoms with E-state index in [1.807, 2.05) is 0 Å². The fourth-order valence-corrected chi connectivity index (χ4v) is 0.167. The van der Waals surface area contributed by atoms with Crippen molar-refractivity contribution in [2.75, 3.05) is 34.5 Å². The van der Waals surface area contributed by atoms with Crippen molar-refractivity contribution < 1.29 is 14.6 Å². The summed E-state index contributed by atoms with van der Waals surface area (Å²) in [4.78, 5) is 0. The lowest BCUT2D eigenvalue weighted by Gasteiger charge is -1.91. The lowest BCUT2D eigenvalue weighted by atomic mass is 10.8. The minimum atomic E-state index is 0.691. The van der Waals surface area contributed by atoms with Gasteiger partial charge in [0, 0.05) is 21.3 Å². The van der Waals surface area contributed by atoms with Crippen molar-refractivity contribution in [2.45, 2.75) is 0 Å². The predicted molar refractivity (Wildman–Crippen MR) is 31.9 cm³/mol. The second-order valence-electron chi connectivity index (χ2n) is 0.986. The molecule has 0 bridgehead atoms. The van der Waals surface area contributed by atoms with E-state index >= 15 is 0 Å². The van der Waals surface area contributed by atoms with Crippen molar-refractivity contribution in [3.63, 3.8) is 0 Å². The first kappa shape index (κ1) is 10.8. The summed E-state index contributed by atoms with van der Waals surface area (Å²) in [5.74, 6) is 0. The number of rotatable bonds is 3. The van der Waals surface area contributed by atoms with Crippen LogP contribution in [0.25, 0.3) is 0 Å². The van der Waals surface area contributed by atoms with Gasteiger partial charge in [-0.2, -0.15) is 0 Å². The summed E-state index contributed by atoms with van der Waals surface area (Å²) in [6.45, 7) is 1.38. The monoisotopic (exact) mass is 122 g/mol. The van der Waals surface area contributed by atoms with Gasteiger partial charge in [-0.05, 0) is 0 Å². The predicted octanol–water partition coefficient (Wildman–Crippen LogP) is -0.112. The van der Waals surface area contributed by atoms with Crippen molar-refractivity contribution in [2.24, 2.45) is 0 Å². The first-order chi connectivity index (χ1) is 3.91. The van der Waals surface area contributed by atoms with Gasteiger partial charge in [-0.25, -0.2) is 0 Å². The molecular weight excluding hydrogens is 108 g/mol.